The van der Waals surface area contributed by atoms with E-state index in [1.807, 2.05) is 20.8 Å². The Labute approximate surface area is 116 Å². The molecule has 0 radical (unpaired) electrons. The van der Waals surface area contributed by atoms with Crippen molar-refractivity contribution in [2.75, 3.05) is 0 Å². The molecule has 0 bridgehead atoms. The van der Waals surface area contributed by atoms with Crippen molar-refractivity contribution in [1.82, 2.24) is 0 Å². The number of rotatable bonds is 2. The van der Waals surface area contributed by atoms with E-state index in [2.05, 4.69) is 13.0 Å². The Morgan fingerprint density at radius 2 is 2.11 bits per heavy atom. The lowest BCUT2D eigenvalue weighted by Gasteiger charge is -2.50. The van der Waals surface area contributed by atoms with Crippen LogP contribution in [0.4, 0.5) is 0 Å². The summed E-state index contributed by atoms with van der Waals surface area (Å²) in [5.74, 6) is 1.45. The molecular weight excluding hydrogens is 236 g/mol. The van der Waals surface area contributed by atoms with E-state index in [-0.39, 0.29) is 16.9 Å². The van der Waals surface area contributed by atoms with Crippen molar-refractivity contribution in [2.45, 2.75) is 58.9 Å². The zero-order valence-corrected chi connectivity index (χ0v) is 12.6. The quantitative estimate of drug-likeness (QED) is 0.832. The van der Waals surface area contributed by atoms with Crippen LogP contribution in [0.15, 0.2) is 0 Å². The monoisotopic (exact) mass is 262 g/mol. The fourth-order valence-corrected chi connectivity index (χ4v) is 4.90. The van der Waals surface area contributed by atoms with Gasteiger partial charge in [0.15, 0.2) is 0 Å². The molecule has 3 heteroatoms. The summed E-state index contributed by atoms with van der Waals surface area (Å²) >= 11 is 0. The molecule has 2 N–H and O–H groups in total. The van der Waals surface area contributed by atoms with E-state index >= 15 is 0 Å². The summed E-state index contributed by atoms with van der Waals surface area (Å²) in [6.45, 7) is 8.24. The minimum Gasteiger partial charge on any atom is -0.325 e. The van der Waals surface area contributed by atoms with Gasteiger partial charge in [-0.3, -0.25) is 4.79 Å². The van der Waals surface area contributed by atoms with Gasteiger partial charge in [0.25, 0.3) is 0 Å². The van der Waals surface area contributed by atoms with Crippen LogP contribution in [0.1, 0.15) is 53.4 Å². The van der Waals surface area contributed by atoms with Crippen molar-refractivity contribution in [2.24, 2.45) is 34.8 Å². The molecule has 0 unspecified atom stereocenters. The highest BCUT2D eigenvalue weighted by molar-refractivity contribution is 5.87. The van der Waals surface area contributed by atoms with E-state index in [1.54, 1.807) is 0 Å². The van der Waals surface area contributed by atoms with Gasteiger partial charge in [0.05, 0.1) is 6.07 Å². The Morgan fingerprint density at radius 1 is 1.47 bits per heavy atom. The van der Waals surface area contributed by atoms with Crippen molar-refractivity contribution in [3.8, 4) is 6.07 Å². The SMILES string of the molecule is C[C@H](CC#N)[C@H]1CC[C@H]2[C@@H](C)C(=O)C(C)(C)C[C@@]12N. The third-order valence-corrected chi connectivity index (χ3v) is 5.70. The lowest BCUT2D eigenvalue weighted by Crippen LogP contribution is -2.61. The van der Waals surface area contributed by atoms with Gasteiger partial charge < -0.3 is 5.73 Å². The lowest BCUT2D eigenvalue weighted by atomic mass is 9.56. The standard InChI is InChI=1S/C16H26N2O/c1-10(7-8-17)12-5-6-13-11(2)14(19)15(3,4)9-16(12,13)18/h10-13H,5-7,9,18H2,1-4H3/t10-,11-,12-,13+,16-/m1/s1. The number of nitriles is 1. The average molecular weight is 262 g/mol. The third kappa shape index (κ3) is 2.10. The molecule has 0 aromatic heterocycles. The highest BCUT2D eigenvalue weighted by Gasteiger charge is 2.59. The second-order valence-corrected chi connectivity index (χ2v) is 7.46. The van der Waals surface area contributed by atoms with Gasteiger partial charge in [-0.05, 0) is 37.0 Å². The van der Waals surface area contributed by atoms with Crippen molar-refractivity contribution in [1.29, 1.82) is 5.26 Å². The summed E-state index contributed by atoms with van der Waals surface area (Å²) in [5, 5.41) is 8.93. The Morgan fingerprint density at radius 3 is 2.68 bits per heavy atom. The molecule has 2 aliphatic carbocycles. The van der Waals surface area contributed by atoms with Crippen LogP contribution >= 0.6 is 0 Å². The minimum atomic E-state index is -0.320. The average Bonchev–Trinajstić information content (AvgIpc) is 2.63. The Hall–Kier alpha value is -0.880. The first-order valence-electron chi connectivity index (χ1n) is 7.44. The van der Waals surface area contributed by atoms with Crippen molar-refractivity contribution < 1.29 is 4.79 Å². The molecule has 2 fully saturated rings. The Kier molecular flexibility index (Phi) is 3.51. The summed E-state index contributed by atoms with van der Waals surface area (Å²) in [5.41, 5.74) is 6.23. The van der Waals surface area contributed by atoms with Gasteiger partial charge in [-0.1, -0.05) is 27.7 Å². The van der Waals surface area contributed by atoms with Crippen LogP contribution in [0.5, 0.6) is 0 Å². The first kappa shape index (κ1) is 14.5. The molecule has 0 amide bonds. The second kappa shape index (κ2) is 4.59. The zero-order chi connectivity index (χ0) is 14.4. The molecule has 0 heterocycles. The molecule has 0 aliphatic heterocycles. The molecule has 2 rings (SSSR count). The number of hydrogen-bond acceptors (Lipinski definition) is 3. The summed E-state index contributed by atoms with van der Waals surface area (Å²) in [4.78, 5) is 12.4. The number of fused-ring (bicyclic) bond motifs is 1. The summed E-state index contributed by atoms with van der Waals surface area (Å²) in [6, 6.07) is 2.28. The van der Waals surface area contributed by atoms with Gasteiger partial charge in [0, 0.05) is 23.3 Å². The van der Waals surface area contributed by atoms with Crippen LogP contribution in [0.3, 0.4) is 0 Å². The van der Waals surface area contributed by atoms with Gasteiger partial charge in [-0.2, -0.15) is 5.26 Å². The van der Waals surface area contributed by atoms with Crippen LogP contribution in [-0.2, 0) is 4.79 Å². The summed E-state index contributed by atoms with van der Waals surface area (Å²) in [6.07, 6.45) is 3.45. The lowest BCUT2D eigenvalue weighted by molar-refractivity contribution is -0.140. The normalized spacial score (nSPS) is 42.5. The predicted octanol–water partition coefficient (Wildman–Crippen LogP) is 2.89. The Bertz CT molecular complexity index is 423. The molecule has 0 aromatic rings. The van der Waals surface area contributed by atoms with Gasteiger partial charge in [0.1, 0.15) is 5.78 Å². The zero-order valence-electron chi connectivity index (χ0n) is 12.6. The van der Waals surface area contributed by atoms with Crippen LogP contribution in [-0.4, -0.2) is 11.3 Å². The smallest absolute Gasteiger partial charge is 0.141 e. The third-order valence-electron chi connectivity index (χ3n) is 5.70. The van der Waals surface area contributed by atoms with E-state index in [1.165, 1.54) is 0 Å². The van der Waals surface area contributed by atoms with Gasteiger partial charge >= 0.3 is 0 Å². The molecule has 2 saturated carbocycles. The van der Waals surface area contributed by atoms with E-state index in [9.17, 15) is 4.79 Å². The largest absolute Gasteiger partial charge is 0.325 e. The van der Waals surface area contributed by atoms with E-state index in [0.717, 1.165) is 19.3 Å². The summed E-state index contributed by atoms with van der Waals surface area (Å²) in [7, 11) is 0. The minimum absolute atomic E-state index is 0.0630. The number of nitrogens with two attached hydrogens (primary N) is 1. The van der Waals surface area contributed by atoms with Crippen LogP contribution in [0, 0.1) is 40.4 Å². The maximum Gasteiger partial charge on any atom is 0.141 e. The van der Waals surface area contributed by atoms with Gasteiger partial charge in [-0.25, -0.2) is 0 Å². The maximum atomic E-state index is 12.4. The predicted molar refractivity (Wildman–Crippen MR) is 75.1 cm³/mol. The first-order valence-corrected chi connectivity index (χ1v) is 7.44. The van der Waals surface area contributed by atoms with Crippen LogP contribution < -0.4 is 5.73 Å². The van der Waals surface area contributed by atoms with E-state index in [4.69, 9.17) is 11.0 Å². The molecule has 0 spiro atoms. The highest BCUT2D eigenvalue weighted by atomic mass is 16.1. The summed E-state index contributed by atoms with van der Waals surface area (Å²) < 4.78 is 0. The molecular formula is C16H26N2O. The molecule has 3 nitrogen and oxygen atoms in total. The van der Waals surface area contributed by atoms with Gasteiger partial charge in [0.2, 0.25) is 0 Å². The molecule has 0 saturated heterocycles. The molecule has 106 valence electrons. The molecule has 0 aromatic carbocycles. The first-order chi connectivity index (χ1) is 8.74. The fraction of sp³-hybridized carbons (Fsp3) is 0.875. The Balaban J connectivity index is 2.32. The highest BCUT2D eigenvalue weighted by Crippen LogP contribution is 2.56. The van der Waals surface area contributed by atoms with Crippen LogP contribution in [0.25, 0.3) is 0 Å². The number of carbonyl (C=O) groups is 1. The number of ketones is 1. The van der Waals surface area contributed by atoms with Crippen molar-refractivity contribution in [3.05, 3.63) is 0 Å². The van der Waals surface area contributed by atoms with Crippen LogP contribution in [0.2, 0.25) is 0 Å². The molecule has 5 atom stereocenters. The van der Waals surface area contributed by atoms with E-state index < -0.39 is 0 Å². The number of nitrogens with zero attached hydrogens (tertiary/aromatic N) is 1. The second-order valence-electron chi connectivity index (χ2n) is 7.46. The number of hydrogen-bond donors (Lipinski definition) is 1. The van der Waals surface area contributed by atoms with E-state index in [0.29, 0.717) is 30.0 Å². The molecule has 19 heavy (non-hydrogen) atoms. The number of Topliss-reactive ketones (excluding diaryl/α,β-unsaturated/α-hetero) is 1. The number of carbonyl (C=O) groups excluding carboxylic acids is 1. The fourth-order valence-electron chi connectivity index (χ4n) is 4.90. The maximum absolute atomic E-state index is 12.4. The molecule has 2 aliphatic rings. The van der Waals surface area contributed by atoms with Gasteiger partial charge in [-0.15, -0.1) is 0 Å². The van der Waals surface area contributed by atoms with Crippen molar-refractivity contribution >= 4 is 5.78 Å². The van der Waals surface area contributed by atoms with Crippen molar-refractivity contribution in [3.63, 3.8) is 0 Å². The topological polar surface area (TPSA) is 66.9 Å².